The van der Waals surface area contributed by atoms with E-state index in [0.29, 0.717) is 17.3 Å². The number of ether oxygens (including phenoxy) is 1. The van der Waals surface area contributed by atoms with Gasteiger partial charge in [-0.1, -0.05) is 160 Å². The Labute approximate surface area is 329 Å². The van der Waals surface area contributed by atoms with Gasteiger partial charge in [-0.2, -0.15) is 0 Å². The van der Waals surface area contributed by atoms with Gasteiger partial charge in [0, 0.05) is 12.8 Å². The Morgan fingerprint density at radius 3 is 2.06 bits per heavy atom. The standard InChI is InChI=1S/C51H86O2/c1-7-8-9-10-11-12-13-14-15-16-17-18-19-20-21-22-23-24-25-26-27-31-49(52)53-44-36-38-50(5)43(40-44)32-33-45-47-35-34-46(42(4)30-28-29-41(2)3)51(47,6)39-37-48(45)50/h13-14,16-17,19-20,32,41-42,44-48H,7-12,15,18,21-31,33-40H2,1-6H3/b14-13-,17-16-,20-19-. The molecular weight excluding hydrogens is 645 g/mol. The minimum absolute atomic E-state index is 0.0499. The minimum atomic E-state index is 0.0499. The summed E-state index contributed by atoms with van der Waals surface area (Å²) in [5, 5.41) is 0. The molecule has 0 radical (unpaired) electrons. The molecule has 3 fully saturated rings. The Morgan fingerprint density at radius 2 is 1.38 bits per heavy atom. The summed E-state index contributed by atoms with van der Waals surface area (Å²) in [7, 11) is 0. The normalized spacial score (nSPS) is 30.5. The highest BCUT2D eigenvalue weighted by molar-refractivity contribution is 5.69. The number of hydrogen-bond acceptors (Lipinski definition) is 2. The van der Waals surface area contributed by atoms with Crippen molar-refractivity contribution in [3.8, 4) is 0 Å². The van der Waals surface area contributed by atoms with E-state index in [1.807, 2.05) is 0 Å². The third kappa shape index (κ3) is 13.6. The molecule has 0 N–H and O–H groups in total. The van der Waals surface area contributed by atoms with Gasteiger partial charge in [0.2, 0.25) is 0 Å². The fraction of sp³-hybridized carbons (Fsp3) is 0.824. The van der Waals surface area contributed by atoms with Gasteiger partial charge in [-0.3, -0.25) is 4.79 Å². The molecule has 4 aliphatic carbocycles. The van der Waals surface area contributed by atoms with Crippen molar-refractivity contribution in [2.24, 2.45) is 46.3 Å². The number of carbonyl (C=O) groups excluding carboxylic acids is 1. The van der Waals surface area contributed by atoms with Gasteiger partial charge in [0.05, 0.1) is 0 Å². The number of allylic oxidation sites excluding steroid dienone is 7. The first-order valence-electron chi connectivity index (χ1n) is 23.5. The molecule has 0 spiro atoms. The second-order valence-corrected chi connectivity index (χ2v) is 19.4. The van der Waals surface area contributed by atoms with Crippen LogP contribution in [0.2, 0.25) is 0 Å². The first-order valence-corrected chi connectivity index (χ1v) is 23.5. The summed E-state index contributed by atoms with van der Waals surface area (Å²) in [6.07, 6.45) is 50.4. The molecule has 0 aromatic carbocycles. The summed E-state index contributed by atoms with van der Waals surface area (Å²) >= 11 is 0. The molecule has 8 unspecified atom stereocenters. The fourth-order valence-electron chi connectivity index (χ4n) is 11.9. The van der Waals surface area contributed by atoms with Gasteiger partial charge < -0.3 is 4.74 Å². The van der Waals surface area contributed by atoms with Crippen LogP contribution < -0.4 is 0 Å². The SMILES string of the molecule is CCCCCCC/C=C\C/C=C\C/C=C\CCCCCCCCC(=O)OC1CCC2(C)C(=CCC3C2CCC2(C)C(C(C)CCCC(C)C)CCC32)C1. The lowest BCUT2D eigenvalue weighted by molar-refractivity contribution is -0.151. The summed E-state index contributed by atoms with van der Waals surface area (Å²) in [4.78, 5) is 12.9. The predicted octanol–water partition coefficient (Wildman–Crippen LogP) is 15.9. The lowest BCUT2D eigenvalue weighted by atomic mass is 9.47. The van der Waals surface area contributed by atoms with Crippen LogP contribution in [0, 0.1) is 46.3 Å². The van der Waals surface area contributed by atoms with Crippen LogP contribution in [0.4, 0.5) is 0 Å². The largest absolute Gasteiger partial charge is 0.462 e. The van der Waals surface area contributed by atoms with E-state index in [1.54, 1.807) is 5.57 Å². The average molecular weight is 731 g/mol. The molecule has 4 aliphatic rings. The van der Waals surface area contributed by atoms with E-state index in [4.69, 9.17) is 4.74 Å². The van der Waals surface area contributed by atoms with Gasteiger partial charge >= 0.3 is 5.97 Å². The maximum Gasteiger partial charge on any atom is 0.306 e. The van der Waals surface area contributed by atoms with Gasteiger partial charge in [-0.25, -0.2) is 0 Å². The topological polar surface area (TPSA) is 26.3 Å². The van der Waals surface area contributed by atoms with Crippen molar-refractivity contribution < 1.29 is 9.53 Å². The fourth-order valence-corrected chi connectivity index (χ4v) is 11.9. The molecule has 0 amide bonds. The van der Waals surface area contributed by atoms with Crippen LogP contribution in [-0.4, -0.2) is 12.1 Å². The number of hydrogen-bond donors (Lipinski definition) is 0. The minimum Gasteiger partial charge on any atom is -0.462 e. The monoisotopic (exact) mass is 731 g/mol. The van der Waals surface area contributed by atoms with E-state index in [2.05, 4.69) is 84.1 Å². The van der Waals surface area contributed by atoms with Crippen molar-refractivity contribution in [1.29, 1.82) is 0 Å². The number of unbranched alkanes of at least 4 members (excludes halogenated alkanes) is 11. The maximum atomic E-state index is 12.9. The number of esters is 1. The van der Waals surface area contributed by atoms with Crippen molar-refractivity contribution in [3.05, 3.63) is 48.1 Å². The van der Waals surface area contributed by atoms with Crippen molar-refractivity contribution in [2.75, 3.05) is 0 Å². The average Bonchev–Trinajstić information content (AvgIpc) is 3.49. The van der Waals surface area contributed by atoms with Crippen molar-refractivity contribution in [1.82, 2.24) is 0 Å². The molecule has 0 aromatic heterocycles. The van der Waals surface area contributed by atoms with Crippen LogP contribution in [0.5, 0.6) is 0 Å². The molecule has 3 saturated carbocycles. The Balaban J connectivity index is 1.04. The Bertz CT molecular complexity index is 1160. The molecule has 2 heteroatoms. The van der Waals surface area contributed by atoms with Gasteiger partial charge in [-0.15, -0.1) is 0 Å². The molecular formula is C51H86O2. The zero-order valence-electron chi connectivity index (χ0n) is 36.0. The van der Waals surface area contributed by atoms with Crippen LogP contribution >= 0.6 is 0 Å². The molecule has 0 heterocycles. The van der Waals surface area contributed by atoms with Crippen LogP contribution in [0.3, 0.4) is 0 Å². The van der Waals surface area contributed by atoms with E-state index in [0.717, 1.165) is 74.0 Å². The molecule has 0 bridgehead atoms. The Kier molecular flexibility index (Phi) is 19.6. The van der Waals surface area contributed by atoms with Gasteiger partial charge in [-0.05, 0) is 136 Å². The van der Waals surface area contributed by atoms with E-state index < -0.39 is 0 Å². The second kappa shape index (κ2) is 23.5. The van der Waals surface area contributed by atoms with Crippen molar-refractivity contribution >= 4 is 5.97 Å². The summed E-state index contributed by atoms with van der Waals surface area (Å²) in [6.45, 7) is 14.9. The van der Waals surface area contributed by atoms with Gasteiger partial charge in [0.15, 0.2) is 0 Å². The van der Waals surface area contributed by atoms with E-state index in [-0.39, 0.29) is 12.1 Å². The van der Waals surface area contributed by atoms with Crippen molar-refractivity contribution in [2.45, 2.75) is 221 Å². The van der Waals surface area contributed by atoms with Crippen molar-refractivity contribution in [3.63, 3.8) is 0 Å². The smallest absolute Gasteiger partial charge is 0.306 e. The molecule has 0 aliphatic heterocycles. The van der Waals surface area contributed by atoms with E-state index >= 15 is 0 Å². The molecule has 302 valence electrons. The summed E-state index contributed by atoms with van der Waals surface area (Å²) < 4.78 is 6.14. The highest BCUT2D eigenvalue weighted by atomic mass is 16.5. The zero-order chi connectivity index (χ0) is 37.9. The summed E-state index contributed by atoms with van der Waals surface area (Å²) in [6, 6.07) is 0. The summed E-state index contributed by atoms with van der Waals surface area (Å²) in [5.41, 5.74) is 2.51. The second-order valence-electron chi connectivity index (χ2n) is 19.4. The zero-order valence-corrected chi connectivity index (χ0v) is 36.0. The molecule has 0 saturated heterocycles. The van der Waals surface area contributed by atoms with E-state index in [9.17, 15) is 4.79 Å². The van der Waals surface area contributed by atoms with Gasteiger partial charge in [0.1, 0.15) is 6.10 Å². The molecule has 0 aromatic rings. The number of carbonyl (C=O) groups is 1. The van der Waals surface area contributed by atoms with Gasteiger partial charge in [0.25, 0.3) is 0 Å². The van der Waals surface area contributed by atoms with Crippen LogP contribution in [-0.2, 0) is 9.53 Å². The van der Waals surface area contributed by atoms with Crippen LogP contribution in [0.1, 0.15) is 215 Å². The molecule has 8 atom stereocenters. The lowest BCUT2D eigenvalue weighted by Crippen LogP contribution is -2.51. The third-order valence-corrected chi connectivity index (χ3v) is 15.1. The first-order chi connectivity index (χ1) is 25.7. The third-order valence-electron chi connectivity index (χ3n) is 15.1. The Hall–Kier alpha value is -1.57. The van der Waals surface area contributed by atoms with Crippen LogP contribution in [0.25, 0.3) is 0 Å². The lowest BCUT2D eigenvalue weighted by Gasteiger charge is -2.58. The highest BCUT2D eigenvalue weighted by Gasteiger charge is 2.59. The number of rotatable bonds is 25. The predicted molar refractivity (Wildman–Crippen MR) is 230 cm³/mol. The molecule has 2 nitrogen and oxygen atoms in total. The first kappa shape index (κ1) is 44.1. The number of fused-ring (bicyclic) bond motifs is 5. The van der Waals surface area contributed by atoms with E-state index in [1.165, 1.54) is 128 Å². The maximum absolute atomic E-state index is 12.9. The van der Waals surface area contributed by atoms with Crippen LogP contribution in [0.15, 0.2) is 48.1 Å². The Morgan fingerprint density at radius 1 is 0.736 bits per heavy atom. The summed E-state index contributed by atoms with van der Waals surface area (Å²) in [5.74, 6) is 5.29. The molecule has 53 heavy (non-hydrogen) atoms. The highest BCUT2D eigenvalue weighted by Crippen LogP contribution is 2.67. The quantitative estimate of drug-likeness (QED) is 0.0531. The molecule has 4 rings (SSSR count).